The van der Waals surface area contributed by atoms with Gasteiger partial charge >= 0.3 is 6.09 Å². The lowest BCUT2D eigenvalue weighted by atomic mass is 10.0. The molecule has 1 N–H and O–H groups in total. The Balaban J connectivity index is 1.65. The van der Waals surface area contributed by atoms with E-state index in [1.54, 1.807) is 11.8 Å². The lowest BCUT2D eigenvalue weighted by Crippen LogP contribution is -2.32. The Hall–Kier alpha value is -2.86. The van der Waals surface area contributed by atoms with Gasteiger partial charge < -0.3 is 9.47 Å². The molecule has 0 saturated heterocycles. The van der Waals surface area contributed by atoms with Crippen LogP contribution in [0.3, 0.4) is 0 Å². The van der Waals surface area contributed by atoms with E-state index in [0.717, 1.165) is 61.0 Å². The van der Waals surface area contributed by atoms with Crippen molar-refractivity contribution in [3.05, 3.63) is 53.6 Å². The maximum atomic E-state index is 13.4. The molecule has 2 amide bonds. The van der Waals surface area contributed by atoms with Crippen LogP contribution in [0.5, 0.6) is 0 Å². The van der Waals surface area contributed by atoms with E-state index in [2.05, 4.69) is 11.4 Å². The van der Waals surface area contributed by atoms with Gasteiger partial charge in [-0.15, -0.1) is 0 Å². The molecule has 30 heavy (non-hydrogen) atoms. The predicted molar refractivity (Wildman–Crippen MR) is 116 cm³/mol. The molecular weight excluding hydrogens is 380 g/mol. The Kier molecular flexibility index (Phi) is 6.33. The van der Waals surface area contributed by atoms with Crippen LogP contribution >= 0.6 is 0 Å². The highest BCUT2D eigenvalue weighted by atomic mass is 16.5. The van der Waals surface area contributed by atoms with Crippen molar-refractivity contribution in [2.75, 3.05) is 23.4 Å². The first-order valence-electron chi connectivity index (χ1n) is 10.7. The summed E-state index contributed by atoms with van der Waals surface area (Å²) in [5.41, 5.74) is 4.46. The van der Waals surface area contributed by atoms with Crippen LogP contribution in [0.15, 0.2) is 42.5 Å². The highest BCUT2D eigenvalue weighted by molar-refractivity contribution is 6.03. The third kappa shape index (κ3) is 4.49. The van der Waals surface area contributed by atoms with Crippen molar-refractivity contribution in [1.82, 2.24) is 0 Å². The number of hydrogen-bond acceptors (Lipinski definition) is 4. The van der Waals surface area contributed by atoms with Gasteiger partial charge in [-0.3, -0.25) is 15.0 Å². The van der Waals surface area contributed by atoms with Gasteiger partial charge in [0.2, 0.25) is 0 Å². The Bertz CT molecular complexity index is 921. The molecular formula is C24H28N2O4. The lowest BCUT2D eigenvalue weighted by Gasteiger charge is -2.26. The first-order chi connectivity index (χ1) is 14.7. The van der Waals surface area contributed by atoms with Gasteiger partial charge in [0.25, 0.3) is 5.91 Å². The molecule has 1 fully saturated rings. The van der Waals surface area contributed by atoms with Crippen molar-refractivity contribution in [3.8, 4) is 0 Å². The second kappa shape index (κ2) is 9.30. The largest absolute Gasteiger partial charge is 0.450 e. The molecule has 1 aliphatic carbocycles. The molecule has 0 spiro atoms. The Labute approximate surface area is 177 Å². The number of para-hydroxylation sites is 1. The Morgan fingerprint density at radius 2 is 1.77 bits per heavy atom. The zero-order chi connectivity index (χ0) is 20.9. The molecule has 6 nitrogen and oxygen atoms in total. The van der Waals surface area contributed by atoms with Crippen LogP contribution in [0.25, 0.3) is 0 Å². The summed E-state index contributed by atoms with van der Waals surface area (Å²) < 4.78 is 10.9. The third-order valence-corrected chi connectivity index (χ3v) is 5.74. The molecule has 6 heteroatoms. The van der Waals surface area contributed by atoms with Gasteiger partial charge in [-0.25, -0.2) is 4.79 Å². The van der Waals surface area contributed by atoms with Gasteiger partial charge in [-0.1, -0.05) is 37.1 Å². The maximum Gasteiger partial charge on any atom is 0.411 e. The molecule has 1 saturated carbocycles. The number of ether oxygens (including phenoxy) is 2. The van der Waals surface area contributed by atoms with Crippen LogP contribution in [0, 0.1) is 0 Å². The summed E-state index contributed by atoms with van der Waals surface area (Å²) in [6.07, 6.45) is 5.71. The minimum Gasteiger partial charge on any atom is -0.450 e. The summed E-state index contributed by atoms with van der Waals surface area (Å²) in [6.45, 7) is 2.11. The zero-order valence-corrected chi connectivity index (χ0v) is 17.4. The highest BCUT2D eigenvalue weighted by Gasteiger charge is 2.27. The first-order valence-corrected chi connectivity index (χ1v) is 10.7. The molecule has 1 heterocycles. The second-order valence-corrected chi connectivity index (χ2v) is 7.76. The molecule has 2 aromatic rings. The summed E-state index contributed by atoms with van der Waals surface area (Å²) in [5, 5.41) is 2.74. The number of carbonyl (C=O) groups is 2. The molecule has 0 bridgehead atoms. The number of hydrogen-bond donors (Lipinski definition) is 1. The summed E-state index contributed by atoms with van der Waals surface area (Å²) >= 11 is 0. The molecule has 4 rings (SSSR count). The second-order valence-electron chi connectivity index (χ2n) is 7.76. The fourth-order valence-electron chi connectivity index (χ4n) is 4.26. The van der Waals surface area contributed by atoms with E-state index in [4.69, 9.17) is 9.47 Å². The summed E-state index contributed by atoms with van der Waals surface area (Å²) in [7, 11) is 0. The fourth-order valence-corrected chi connectivity index (χ4v) is 4.26. The van der Waals surface area contributed by atoms with E-state index in [0.29, 0.717) is 12.3 Å². The average molecular weight is 408 g/mol. The monoisotopic (exact) mass is 408 g/mol. The van der Waals surface area contributed by atoms with Crippen molar-refractivity contribution in [2.45, 2.75) is 51.6 Å². The van der Waals surface area contributed by atoms with Crippen LogP contribution < -0.4 is 10.2 Å². The van der Waals surface area contributed by atoms with Crippen molar-refractivity contribution in [2.24, 2.45) is 0 Å². The predicted octanol–water partition coefficient (Wildman–Crippen LogP) is 4.98. The Morgan fingerprint density at radius 1 is 1.03 bits per heavy atom. The van der Waals surface area contributed by atoms with Crippen LogP contribution in [0.1, 0.15) is 43.7 Å². The number of fused-ring (bicyclic) bond motifs is 2. The summed E-state index contributed by atoms with van der Waals surface area (Å²) in [4.78, 5) is 27.0. The van der Waals surface area contributed by atoms with E-state index in [-0.39, 0.29) is 18.6 Å². The van der Waals surface area contributed by atoms with Crippen molar-refractivity contribution in [1.29, 1.82) is 0 Å². The van der Waals surface area contributed by atoms with Crippen molar-refractivity contribution >= 4 is 29.1 Å². The molecule has 2 aliphatic rings. The van der Waals surface area contributed by atoms with E-state index in [1.807, 2.05) is 36.4 Å². The quantitative estimate of drug-likeness (QED) is 0.758. The highest BCUT2D eigenvalue weighted by Crippen LogP contribution is 2.38. The van der Waals surface area contributed by atoms with Gasteiger partial charge in [-0.05, 0) is 61.9 Å². The van der Waals surface area contributed by atoms with E-state index in [9.17, 15) is 9.59 Å². The van der Waals surface area contributed by atoms with Gasteiger partial charge in [0, 0.05) is 5.69 Å². The molecule has 0 atom stereocenters. The average Bonchev–Trinajstić information content (AvgIpc) is 3.21. The number of aryl methyl sites for hydroxylation is 2. The van der Waals surface area contributed by atoms with Gasteiger partial charge in [0.15, 0.2) is 0 Å². The molecule has 158 valence electrons. The minimum absolute atomic E-state index is 0.0496. The molecule has 2 aromatic carbocycles. The number of nitrogens with one attached hydrogen (secondary N) is 1. The van der Waals surface area contributed by atoms with Gasteiger partial charge in [0.1, 0.15) is 6.61 Å². The van der Waals surface area contributed by atoms with Crippen molar-refractivity contribution < 1.29 is 19.1 Å². The summed E-state index contributed by atoms with van der Waals surface area (Å²) in [6, 6.07) is 13.7. The number of benzene rings is 2. The van der Waals surface area contributed by atoms with Gasteiger partial charge in [0.05, 0.1) is 24.1 Å². The van der Waals surface area contributed by atoms with Crippen LogP contribution in [-0.2, 0) is 27.1 Å². The maximum absolute atomic E-state index is 13.4. The fraction of sp³-hybridized carbons (Fsp3) is 0.417. The molecule has 0 aromatic heterocycles. The van der Waals surface area contributed by atoms with E-state index in [1.165, 1.54) is 0 Å². The zero-order valence-electron chi connectivity index (χ0n) is 17.4. The third-order valence-electron chi connectivity index (χ3n) is 5.74. The SMILES string of the molecule is CCOC(=O)Nc1ccc2c(c1)N(C(=O)COC1CCCC1)c1ccccc1CC2. The lowest BCUT2D eigenvalue weighted by molar-refractivity contribution is -0.124. The van der Waals surface area contributed by atoms with E-state index >= 15 is 0 Å². The molecule has 0 unspecified atom stereocenters. The number of anilines is 3. The summed E-state index contributed by atoms with van der Waals surface area (Å²) in [5.74, 6) is -0.0919. The molecule has 1 aliphatic heterocycles. The smallest absolute Gasteiger partial charge is 0.411 e. The Morgan fingerprint density at radius 3 is 2.53 bits per heavy atom. The number of carbonyl (C=O) groups excluding carboxylic acids is 2. The number of nitrogens with zero attached hydrogens (tertiary/aromatic N) is 1. The van der Waals surface area contributed by atoms with Gasteiger partial charge in [-0.2, -0.15) is 0 Å². The minimum atomic E-state index is -0.506. The number of rotatable bonds is 5. The molecule has 0 radical (unpaired) electrons. The van der Waals surface area contributed by atoms with Crippen LogP contribution in [-0.4, -0.2) is 31.3 Å². The van der Waals surface area contributed by atoms with Crippen LogP contribution in [0.2, 0.25) is 0 Å². The normalized spacial score (nSPS) is 15.8. The first kappa shape index (κ1) is 20.4. The number of amides is 2. The van der Waals surface area contributed by atoms with Crippen molar-refractivity contribution in [3.63, 3.8) is 0 Å². The van der Waals surface area contributed by atoms with E-state index < -0.39 is 6.09 Å². The standard InChI is InChI=1S/C24H28N2O4/c1-2-29-24(28)25-19-14-13-18-12-11-17-7-3-6-10-21(17)26(22(18)15-19)23(27)16-30-20-8-4-5-9-20/h3,6-7,10,13-15,20H,2,4-5,8-9,11-12,16H2,1H3,(H,25,28). The van der Waals surface area contributed by atoms with Crippen LogP contribution in [0.4, 0.5) is 21.9 Å². The topological polar surface area (TPSA) is 67.9 Å².